The quantitative estimate of drug-likeness (QED) is 0.246. The van der Waals surface area contributed by atoms with Crippen molar-refractivity contribution in [2.75, 3.05) is 5.73 Å². The van der Waals surface area contributed by atoms with Gasteiger partial charge in [-0.2, -0.15) is 9.78 Å². The first kappa shape index (κ1) is 21.2. The molecule has 4 rings (SSSR count). The molecule has 162 valence electrons. The van der Waals surface area contributed by atoms with E-state index in [9.17, 15) is 4.79 Å². The predicted molar refractivity (Wildman–Crippen MR) is 118 cm³/mol. The standard InChI is InChI=1S/C20H19N9O2S/c1-12-3-5-15(6-4-12)32-11-16-17(24-28-29(16)19-18(21)26-31-27-19)20(30)25-23-13(2)14-7-9-22-10-8-14/h3-10H,11H2,1-2H3,(H2,21,26)(H,25,30)/b23-13+. The zero-order chi connectivity index (χ0) is 22.5. The van der Waals surface area contributed by atoms with Crippen LogP contribution in [-0.2, 0) is 5.75 Å². The Hall–Kier alpha value is -4.06. The van der Waals surface area contributed by atoms with Crippen molar-refractivity contribution >= 4 is 29.2 Å². The highest BCUT2D eigenvalue weighted by molar-refractivity contribution is 7.98. The number of carbonyl (C=O) groups is 1. The summed E-state index contributed by atoms with van der Waals surface area (Å²) in [6.07, 6.45) is 3.30. The Kier molecular flexibility index (Phi) is 6.22. The summed E-state index contributed by atoms with van der Waals surface area (Å²) < 4.78 is 6.03. The van der Waals surface area contributed by atoms with Gasteiger partial charge in [0.05, 0.1) is 11.4 Å². The lowest BCUT2D eigenvalue weighted by Crippen LogP contribution is -2.21. The predicted octanol–water partition coefficient (Wildman–Crippen LogP) is 2.38. The Balaban J connectivity index is 1.60. The minimum absolute atomic E-state index is 0.0370. The van der Waals surface area contributed by atoms with Gasteiger partial charge in [-0.3, -0.25) is 9.78 Å². The zero-order valence-corrected chi connectivity index (χ0v) is 18.1. The number of carbonyl (C=O) groups excluding carboxylic acids is 1. The molecule has 12 heteroatoms. The summed E-state index contributed by atoms with van der Waals surface area (Å²) in [6, 6.07) is 11.6. The maximum Gasteiger partial charge on any atom is 0.293 e. The van der Waals surface area contributed by atoms with Crippen molar-refractivity contribution in [3.63, 3.8) is 0 Å². The number of anilines is 1. The van der Waals surface area contributed by atoms with E-state index in [2.05, 4.69) is 40.8 Å². The Bertz CT molecular complexity index is 1250. The molecule has 0 fully saturated rings. The molecule has 0 atom stereocenters. The number of thioether (sulfide) groups is 1. The number of aryl methyl sites for hydroxylation is 1. The van der Waals surface area contributed by atoms with Crippen molar-refractivity contribution in [3.05, 3.63) is 71.3 Å². The molecular weight excluding hydrogens is 430 g/mol. The van der Waals surface area contributed by atoms with E-state index in [0.717, 1.165) is 16.0 Å². The van der Waals surface area contributed by atoms with Crippen LogP contribution in [0.1, 0.15) is 34.2 Å². The fourth-order valence-corrected chi connectivity index (χ4v) is 3.64. The molecule has 3 aromatic heterocycles. The molecule has 0 bridgehead atoms. The van der Waals surface area contributed by atoms with E-state index < -0.39 is 5.91 Å². The molecule has 0 aliphatic carbocycles. The van der Waals surface area contributed by atoms with Crippen LogP contribution >= 0.6 is 11.8 Å². The number of nitrogens with two attached hydrogens (primary N) is 1. The third kappa shape index (κ3) is 4.64. The van der Waals surface area contributed by atoms with Crippen LogP contribution in [0.2, 0.25) is 0 Å². The summed E-state index contributed by atoms with van der Waals surface area (Å²) in [5.41, 5.74) is 11.5. The van der Waals surface area contributed by atoms with Crippen LogP contribution < -0.4 is 11.2 Å². The van der Waals surface area contributed by atoms with Crippen LogP contribution in [0.25, 0.3) is 5.82 Å². The van der Waals surface area contributed by atoms with E-state index in [4.69, 9.17) is 5.73 Å². The summed E-state index contributed by atoms with van der Waals surface area (Å²) in [7, 11) is 0. The summed E-state index contributed by atoms with van der Waals surface area (Å²) in [5.74, 6) is 0.0553. The Morgan fingerprint density at radius 1 is 1.19 bits per heavy atom. The average molecular weight is 450 g/mol. The molecule has 0 saturated carbocycles. The van der Waals surface area contributed by atoms with Gasteiger partial charge in [-0.15, -0.1) is 16.9 Å². The molecular formula is C20H19N9O2S. The molecule has 0 aliphatic rings. The SMILES string of the molecule is C/C(=N\NC(=O)c1nnn(-c2nonc2N)c1CSc1ccc(C)cc1)c1ccncc1. The molecule has 1 amide bonds. The van der Waals surface area contributed by atoms with Crippen LogP contribution in [0.15, 0.2) is 63.4 Å². The topological polar surface area (TPSA) is 150 Å². The maximum absolute atomic E-state index is 12.9. The van der Waals surface area contributed by atoms with Gasteiger partial charge < -0.3 is 5.73 Å². The fourth-order valence-electron chi connectivity index (χ4n) is 2.75. The number of amides is 1. The lowest BCUT2D eigenvalue weighted by atomic mass is 10.2. The van der Waals surface area contributed by atoms with Gasteiger partial charge in [0.15, 0.2) is 5.69 Å². The van der Waals surface area contributed by atoms with E-state index >= 15 is 0 Å². The van der Waals surface area contributed by atoms with Crippen molar-refractivity contribution in [3.8, 4) is 5.82 Å². The van der Waals surface area contributed by atoms with Crippen LogP contribution in [0.5, 0.6) is 0 Å². The van der Waals surface area contributed by atoms with Crippen molar-refractivity contribution in [2.24, 2.45) is 5.10 Å². The Morgan fingerprint density at radius 2 is 1.94 bits per heavy atom. The zero-order valence-electron chi connectivity index (χ0n) is 17.3. The second-order valence-electron chi connectivity index (χ2n) is 6.75. The van der Waals surface area contributed by atoms with Crippen LogP contribution in [0.4, 0.5) is 5.82 Å². The molecule has 32 heavy (non-hydrogen) atoms. The summed E-state index contributed by atoms with van der Waals surface area (Å²) in [6.45, 7) is 3.80. The highest BCUT2D eigenvalue weighted by Gasteiger charge is 2.24. The Morgan fingerprint density at radius 3 is 2.62 bits per heavy atom. The molecule has 11 nitrogen and oxygen atoms in total. The molecule has 0 aliphatic heterocycles. The summed E-state index contributed by atoms with van der Waals surface area (Å²) >= 11 is 1.51. The second kappa shape index (κ2) is 9.39. The number of aromatic nitrogens is 6. The van der Waals surface area contributed by atoms with E-state index in [1.807, 2.05) is 31.2 Å². The minimum Gasteiger partial charge on any atom is -0.378 e. The van der Waals surface area contributed by atoms with E-state index in [1.54, 1.807) is 31.5 Å². The van der Waals surface area contributed by atoms with E-state index in [-0.39, 0.29) is 17.3 Å². The van der Waals surface area contributed by atoms with Gasteiger partial charge in [0.25, 0.3) is 5.91 Å². The average Bonchev–Trinajstić information content (AvgIpc) is 3.43. The lowest BCUT2D eigenvalue weighted by molar-refractivity contribution is 0.0949. The smallest absolute Gasteiger partial charge is 0.293 e. The molecule has 1 aromatic carbocycles. The highest BCUT2D eigenvalue weighted by atomic mass is 32.2. The molecule has 0 radical (unpaired) electrons. The molecule has 0 unspecified atom stereocenters. The molecule has 0 saturated heterocycles. The number of nitrogens with one attached hydrogen (secondary N) is 1. The van der Waals surface area contributed by atoms with Gasteiger partial charge in [-0.05, 0) is 48.4 Å². The monoisotopic (exact) mass is 449 g/mol. The van der Waals surface area contributed by atoms with E-state index in [0.29, 0.717) is 17.2 Å². The number of rotatable bonds is 7. The molecule has 3 N–H and O–H groups in total. The van der Waals surface area contributed by atoms with Crippen molar-refractivity contribution in [1.29, 1.82) is 0 Å². The third-order valence-corrected chi connectivity index (χ3v) is 5.52. The lowest BCUT2D eigenvalue weighted by Gasteiger charge is -2.06. The van der Waals surface area contributed by atoms with Crippen LogP contribution in [-0.4, -0.2) is 41.9 Å². The highest BCUT2D eigenvalue weighted by Crippen LogP contribution is 2.26. The molecule has 4 aromatic rings. The third-order valence-electron chi connectivity index (χ3n) is 4.49. The van der Waals surface area contributed by atoms with E-state index in [1.165, 1.54) is 16.4 Å². The number of nitrogens with zero attached hydrogens (tertiary/aromatic N) is 7. The van der Waals surface area contributed by atoms with Crippen molar-refractivity contribution in [2.45, 2.75) is 24.5 Å². The van der Waals surface area contributed by atoms with Gasteiger partial charge >= 0.3 is 0 Å². The fraction of sp³-hybridized carbons (Fsp3) is 0.150. The number of hydrazone groups is 1. The second-order valence-corrected chi connectivity index (χ2v) is 7.79. The van der Waals surface area contributed by atoms with Gasteiger partial charge in [0.2, 0.25) is 11.6 Å². The van der Waals surface area contributed by atoms with Gasteiger partial charge in [-0.1, -0.05) is 22.9 Å². The van der Waals surface area contributed by atoms with Crippen molar-refractivity contribution < 1.29 is 9.42 Å². The molecule has 3 heterocycles. The number of benzene rings is 1. The summed E-state index contributed by atoms with van der Waals surface area (Å²) in [5, 5.41) is 19.6. The van der Waals surface area contributed by atoms with Gasteiger partial charge in [-0.25, -0.2) is 10.1 Å². The van der Waals surface area contributed by atoms with Gasteiger partial charge in [0.1, 0.15) is 0 Å². The normalized spacial score (nSPS) is 11.5. The minimum atomic E-state index is -0.515. The first-order valence-corrected chi connectivity index (χ1v) is 10.5. The molecule has 0 spiro atoms. The summed E-state index contributed by atoms with van der Waals surface area (Å²) in [4.78, 5) is 17.9. The maximum atomic E-state index is 12.9. The largest absolute Gasteiger partial charge is 0.378 e. The number of nitrogen functional groups attached to an aromatic ring is 1. The number of hydrogen-bond donors (Lipinski definition) is 2. The van der Waals surface area contributed by atoms with Crippen LogP contribution in [0.3, 0.4) is 0 Å². The Labute approximate surface area is 187 Å². The number of hydrogen-bond acceptors (Lipinski definition) is 10. The number of pyridine rings is 1. The first-order chi connectivity index (χ1) is 15.5. The van der Waals surface area contributed by atoms with Crippen LogP contribution in [0, 0.1) is 6.92 Å². The first-order valence-electron chi connectivity index (χ1n) is 9.50. The van der Waals surface area contributed by atoms with Crippen molar-refractivity contribution in [1.82, 2.24) is 35.7 Å². The van der Waals surface area contributed by atoms with Gasteiger partial charge in [0, 0.05) is 28.6 Å².